The number of rotatable bonds is 7. The van der Waals surface area contributed by atoms with Crippen molar-refractivity contribution in [3.63, 3.8) is 0 Å². The minimum absolute atomic E-state index is 0.185. The quantitative estimate of drug-likeness (QED) is 0.768. The van der Waals surface area contributed by atoms with Crippen LogP contribution in [0.4, 0.5) is 3.89 Å². The van der Waals surface area contributed by atoms with Crippen molar-refractivity contribution in [1.29, 1.82) is 0 Å². The minimum Gasteiger partial charge on any atom is -0.327 e. The molecule has 0 aliphatic carbocycles. The van der Waals surface area contributed by atoms with Crippen molar-refractivity contribution in [2.75, 3.05) is 5.75 Å². The maximum absolute atomic E-state index is 12.0. The largest absolute Gasteiger partial charge is 0.327 e. The molecule has 0 aliphatic rings. The molecule has 2 N–H and O–H groups in total. The Balaban J connectivity index is 2.76. The molecule has 2 nitrogen and oxygen atoms in total. The van der Waals surface area contributed by atoms with Crippen LogP contribution in [0.1, 0.15) is 11.3 Å². The standard InChI is InChI=1S/C14H17FN2S/c1-3-5-12(4-2)14-7-6-11(9-17-14)8-13(16)10-18-15/h3-7,9,13H,1-2,8,10,16H2/b12-5+. The van der Waals surface area contributed by atoms with Gasteiger partial charge in [-0.1, -0.05) is 37.5 Å². The molecule has 96 valence electrons. The Kier molecular flexibility index (Phi) is 6.39. The second-order valence-electron chi connectivity index (χ2n) is 3.85. The topological polar surface area (TPSA) is 38.9 Å². The highest BCUT2D eigenvalue weighted by Crippen LogP contribution is 2.14. The van der Waals surface area contributed by atoms with Crippen molar-refractivity contribution in [2.24, 2.45) is 5.73 Å². The molecule has 0 radical (unpaired) electrons. The number of allylic oxidation sites excluding steroid dienone is 4. The number of aromatic nitrogens is 1. The molecule has 1 unspecified atom stereocenters. The van der Waals surface area contributed by atoms with E-state index in [4.69, 9.17) is 5.73 Å². The predicted molar refractivity (Wildman–Crippen MR) is 77.9 cm³/mol. The summed E-state index contributed by atoms with van der Waals surface area (Å²) in [5, 5.41) is 0. The summed E-state index contributed by atoms with van der Waals surface area (Å²) in [7, 11) is 0. The number of pyridine rings is 1. The molecule has 1 heterocycles. The monoisotopic (exact) mass is 264 g/mol. The maximum Gasteiger partial charge on any atom is 0.0701 e. The zero-order valence-corrected chi connectivity index (χ0v) is 11.0. The molecule has 0 spiro atoms. The van der Waals surface area contributed by atoms with Crippen LogP contribution < -0.4 is 5.73 Å². The van der Waals surface area contributed by atoms with Gasteiger partial charge < -0.3 is 5.73 Å². The number of hydrogen-bond acceptors (Lipinski definition) is 3. The van der Waals surface area contributed by atoms with Crippen LogP contribution in [0.15, 0.2) is 49.7 Å². The van der Waals surface area contributed by atoms with E-state index in [2.05, 4.69) is 18.1 Å². The molecule has 0 saturated carbocycles. The molecular formula is C14H17FN2S. The molecule has 0 fully saturated rings. The highest BCUT2D eigenvalue weighted by atomic mass is 32.2. The Labute approximate surface area is 112 Å². The molecule has 18 heavy (non-hydrogen) atoms. The molecule has 0 saturated heterocycles. The van der Waals surface area contributed by atoms with Gasteiger partial charge in [0.15, 0.2) is 0 Å². The van der Waals surface area contributed by atoms with Gasteiger partial charge in [-0.25, -0.2) is 0 Å². The second kappa shape index (κ2) is 7.84. The summed E-state index contributed by atoms with van der Waals surface area (Å²) in [6.45, 7) is 7.38. The lowest BCUT2D eigenvalue weighted by Gasteiger charge is -2.09. The van der Waals surface area contributed by atoms with Gasteiger partial charge in [0.2, 0.25) is 0 Å². The predicted octanol–water partition coefficient (Wildman–Crippen LogP) is 3.32. The molecule has 0 amide bonds. The van der Waals surface area contributed by atoms with Gasteiger partial charge in [-0.05, 0) is 23.6 Å². The van der Waals surface area contributed by atoms with Crippen LogP contribution in [-0.2, 0) is 6.42 Å². The Morgan fingerprint density at radius 2 is 2.28 bits per heavy atom. The van der Waals surface area contributed by atoms with Crippen molar-refractivity contribution in [3.8, 4) is 0 Å². The van der Waals surface area contributed by atoms with E-state index in [0.29, 0.717) is 12.2 Å². The zero-order valence-electron chi connectivity index (χ0n) is 10.2. The first-order valence-electron chi connectivity index (χ1n) is 5.60. The van der Waals surface area contributed by atoms with E-state index in [9.17, 15) is 3.89 Å². The van der Waals surface area contributed by atoms with E-state index in [1.807, 2.05) is 18.2 Å². The Bertz CT molecular complexity index is 426. The summed E-state index contributed by atoms with van der Waals surface area (Å²) in [5.41, 5.74) is 8.51. The number of nitrogens with two attached hydrogens (primary N) is 1. The number of halogens is 1. The first-order valence-corrected chi connectivity index (χ1v) is 6.49. The van der Waals surface area contributed by atoms with Crippen LogP contribution in [-0.4, -0.2) is 16.8 Å². The van der Waals surface area contributed by atoms with Crippen LogP contribution in [0, 0.1) is 0 Å². The van der Waals surface area contributed by atoms with Crippen molar-refractivity contribution >= 4 is 17.7 Å². The summed E-state index contributed by atoms with van der Waals surface area (Å²) in [6, 6.07) is 3.67. The summed E-state index contributed by atoms with van der Waals surface area (Å²) in [5.74, 6) is 0.302. The summed E-state index contributed by atoms with van der Waals surface area (Å²) in [4.78, 5) is 4.34. The van der Waals surface area contributed by atoms with Gasteiger partial charge in [0.25, 0.3) is 0 Å². The summed E-state index contributed by atoms with van der Waals surface area (Å²) >= 11 is 0.268. The highest BCUT2D eigenvalue weighted by Gasteiger charge is 2.05. The SMILES string of the molecule is C=C/C=C(\C=C)c1ccc(CC(N)CSF)cn1. The fraction of sp³-hybridized carbons (Fsp3) is 0.214. The van der Waals surface area contributed by atoms with E-state index in [0.717, 1.165) is 16.8 Å². The average Bonchev–Trinajstić information content (AvgIpc) is 2.37. The van der Waals surface area contributed by atoms with Gasteiger partial charge in [0.1, 0.15) is 0 Å². The van der Waals surface area contributed by atoms with Gasteiger partial charge >= 0.3 is 0 Å². The van der Waals surface area contributed by atoms with Crippen molar-refractivity contribution in [1.82, 2.24) is 4.98 Å². The lowest BCUT2D eigenvalue weighted by atomic mass is 10.1. The molecule has 1 aromatic heterocycles. The molecule has 1 aromatic rings. The van der Waals surface area contributed by atoms with Crippen LogP contribution in [0.5, 0.6) is 0 Å². The average molecular weight is 264 g/mol. The third kappa shape index (κ3) is 4.47. The fourth-order valence-corrected chi connectivity index (χ4v) is 1.82. The first kappa shape index (κ1) is 14.7. The third-order valence-electron chi connectivity index (χ3n) is 2.41. The Hall–Kier alpha value is -1.39. The summed E-state index contributed by atoms with van der Waals surface area (Å²) in [6.07, 6.45) is 7.66. The van der Waals surface area contributed by atoms with Gasteiger partial charge in [0, 0.05) is 30.1 Å². The van der Waals surface area contributed by atoms with E-state index in [1.165, 1.54) is 0 Å². The van der Waals surface area contributed by atoms with Crippen molar-refractivity contribution in [3.05, 3.63) is 61.0 Å². The molecular weight excluding hydrogens is 247 g/mol. The molecule has 0 aromatic carbocycles. The Morgan fingerprint density at radius 3 is 2.78 bits per heavy atom. The van der Waals surface area contributed by atoms with Crippen LogP contribution >= 0.6 is 12.1 Å². The van der Waals surface area contributed by atoms with Crippen molar-refractivity contribution < 1.29 is 3.89 Å². The Morgan fingerprint density at radius 1 is 1.50 bits per heavy atom. The molecule has 4 heteroatoms. The second-order valence-corrected chi connectivity index (χ2v) is 4.41. The highest BCUT2D eigenvalue weighted by molar-refractivity contribution is 7.94. The lowest BCUT2D eigenvalue weighted by molar-refractivity contribution is 0.737. The molecule has 1 rings (SSSR count). The van der Waals surface area contributed by atoms with Crippen LogP contribution in [0.25, 0.3) is 5.57 Å². The van der Waals surface area contributed by atoms with Gasteiger partial charge in [-0.15, -0.1) is 0 Å². The normalized spacial score (nSPS) is 13.1. The third-order valence-corrected chi connectivity index (χ3v) is 2.97. The number of nitrogens with zero attached hydrogens (tertiary/aromatic N) is 1. The van der Waals surface area contributed by atoms with E-state index in [-0.39, 0.29) is 18.2 Å². The van der Waals surface area contributed by atoms with E-state index >= 15 is 0 Å². The van der Waals surface area contributed by atoms with E-state index in [1.54, 1.807) is 18.3 Å². The molecule has 1 atom stereocenters. The maximum atomic E-state index is 12.0. The van der Waals surface area contributed by atoms with Crippen LogP contribution in [0.2, 0.25) is 0 Å². The number of hydrogen-bond donors (Lipinski definition) is 1. The minimum atomic E-state index is -0.185. The molecule has 0 bridgehead atoms. The smallest absolute Gasteiger partial charge is 0.0701 e. The molecule has 0 aliphatic heterocycles. The van der Waals surface area contributed by atoms with E-state index < -0.39 is 0 Å². The zero-order chi connectivity index (χ0) is 13.4. The summed E-state index contributed by atoms with van der Waals surface area (Å²) < 4.78 is 12.0. The lowest BCUT2D eigenvalue weighted by Crippen LogP contribution is -2.25. The van der Waals surface area contributed by atoms with Crippen LogP contribution in [0.3, 0.4) is 0 Å². The fourth-order valence-electron chi connectivity index (χ4n) is 1.54. The first-order chi connectivity index (χ1) is 8.71. The van der Waals surface area contributed by atoms with Crippen molar-refractivity contribution in [2.45, 2.75) is 12.5 Å². The van der Waals surface area contributed by atoms with Gasteiger partial charge in [-0.3, -0.25) is 4.98 Å². The van der Waals surface area contributed by atoms with Gasteiger partial charge in [-0.2, -0.15) is 3.89 Å². The van der Waals surface area contributed by atoms with Gasteiger partial charge in [0.05, 0.1) is 5.69 Å².